The second-order valence-electron chi connectivity index (χ2n) is 5.37. The Morgan fingerprint density at radius 3 is 2.75 bits per heavy atom. The zero-order valence-electron chi connectivity index (χ0n) is 11.9. The molecule has 0 bridgehead atoms. The molecule has 2 rings (SSSR count). The van der Waals surface area contributed by atoms with Crippen LogP contribution in [0.2, 0.25) is 10.0 Å². The maximum Gasteiger partial charge on any atom is 0.138 e. The molecule has 1 aliphatic rings. The Hall–Kier alpha value is -0.480. The number of ether oxygens (including phenoxy) is 2. The molecular weight excluding hydrogens is 297 g/mol. The predicted octanol–water partition coefficient (Wildman–Crippen LogP) is 3.78. The number of benzene rings is 1. The summed E-state index contributed by atoms with van der Waals surface area (Å²) in [5, 5.41) is 4.51. The number of hydrogen-bond acceptors (Lipinski definition) is 3. The molecule has 0 aliphatic carbocycles. The van der Waals surface area contributed by atoms with Gasteiger partial charge in [0.25, 0.3) is 0 Å². The largest absolute Gasteiger partial charge is 0.486 e. The molecule has 112 valence electrons. The number of rotatable bonds is 6. The van der Waals surface area contributed by atoms with E-state index in [-0.39, 0.29) is 12.2 Å². The van der Waals surface area contributed by atoms with Gasteiger partial charge in [0.2, 0.25) is 0 Å². The van der Waals surface area contributed by atoms with Crippen molar-refractivity contribution in [2.24, 2.45) is 5.92 Å². The SMILES string of the molecule is CC(C)OC[C@@H](Oc1ccc(Cl)cc1Cl)C1CCNC1. The molecular formula is C15H21Cl2NO2. The summed E-state index contributed by atoms with van der Waals surface area (Å²) in [7, 11) is 0. The van der Waals surface area contributed by atoms with Crippen LogP contribution < -0.4 is 10.1 Å². The summed E-state index contributed by atoms with van der Waals surface area (Å²) in [5.41, 5.74) is 0. The lowest BCUT2D eigenvalue weighted by atomic mass is 10.0. The normalized spacial score (nSPS) is 20.4. The van der Waals surface area contributed by atoms with E-state index < -0.39 is 0 Å². The monoisotopic (exact) mass is 317 g/mol. The van der Waals surface area contributed by atoms with E-state index in [0.717, 1.165) is 19.5 Å². The van der Waals surface area contributed by atoms with Crippen LogP contribution in [0.5, 0.6) is 5.75 Å². The van der Waals surface area contributed by atoms with Gasteiger partial charge in [-0.1, -0.05) is 23.2 Å². The molecule has 1 fully saturated rings. The van der Waals surface area contributed by atoms with Crippen LogP contribution in [0.4, 0.5) is 0 Å². The van der Waals surface area contributed by atoms with Crippen molar-refractivity contribution in [2.75, 3.05) is 19.7 Å². The van der Waals surface area contributed by atoms with Crippen molar-refractivity contribution in [1.29, 1.82) is 0 Å². The van der Waals surface area contributed by atoms with E-state index in [1.54, 1.807) is 12.1 Å². The molecule has 2 atom stereocenters. The highest BCUT2D eigenvalue weighted by Crippen LogP contribution is 2.30. The molecule has 3 nitrogen and oxygen atoms in total. The molecule has 20 heavy (non-hydrogen) atoms. The number of halogens is 2. The minimum Gasteiger partial charge on any atom is -0.486 e. The lowest BCUT2D eigenvalue weighted by molar-refractivity contribution is -0.00362. The quantitative estimate of drug-likeness (QED) is 0.866. The maximum atomic E-state index is 6.18. The first-order chi connectivity index (χ1) is 9.56. The summed E-state index contributed by atoms with van der Waals surface area (Å²) in [6.45, 7) is 6.61. The van der Waals surface area contributed by atoms with Crippen molar-refractivity contribution in [3.8, 4) is 5.75 Å². The van der Waals surface area contributed by atoms with Gasteiger partial charge >= 0.3 is 0 Å². The topological polar surface area (TPSA) is 30.5 Å². The van der Waals surface area contributed by atoms with Crippen LogP contribution in [0.25, 0.3) is 0 Å². The van der Waals surface area contributed by atoms with Gasteiger partial charge in [0.1, 0.15) is 11.9 Å². The van der Waals surface area contributed by atoms with Crippen molar-refractivity contribution in [3.05, 3.63) is 28.2 Å². The van der Waals surface area contributed by atoms with E-state index in [9.17, 15) is 0 Å². The smallest absolute Gasteiger partial charge is 0.138 e. The van der Waals surface area contributed by atoms with E-state index >= 15 is 0 Å². The fraction of sp³-hybridized carbons (Fsp3) is 0.600. The van der Waals surface area contributed by atoms with E-state index in [2.05, 4.69) is 5.32 Å². The Kier molecular flexibility index (Phi) is 5.97. The first kappa shape index (κ1) is 15.9. The first-order valence-electron chi connectivity index (χ1n) is 7.00. The summed E-state index contributed by atoms with van der Waals surface area (Å²) < 4.78 is 11.8. The van der Waals surface area contributed by atoms with Gasteiger partial charge in [0.05, 0.1) is 17.7 Å². The summed E-state index contributed by atoms with van der Waals surface area (Å²) in [6, 6.07) is 5.30. The molecule has 0 radical (unpaired) electrons. The fourth-order valence-electron chi connectivity index (χ4n) is 2.28. The van der Waals surface area contributed by atoms with Crippen LogP contribution in [0, 0.1) is 5.92 Å². The molecule has 0 aromatic heterocycles. The molecule has 0 spiro atoms. The van der Waals surface area contributed by atoms with Crippen LogP contribution in [0.15, 0.2) is 18.2 Å². The molecule has 1 aromatic carbocycles. The highest BCUT2D eigenvalue weighted by Gasteiger charge is 2.27. The van der Waals surface area contributed by atoms with Crippen LogP contribution in [-0.2, 0) is 4.74 Å². The summed E-state index contributed by atoms with van der Waals surface area (Å²) in [6.07, 6.45) is 1.29. The summed E-state index contributed by atoms with van der Waals surface area (Å²) >= 11 is 12.1. The maximum absolute atomic E-state index is 6.18. The predicted molar refractivity (Wildman–Crippen MR) is 82.9 cm³/mol. The van der Waals surface area contributed by atoms with Gasteiger partial charge in [-0.2, -0.15) is 0 Å². The highest BCUT2D eigenvalue weighted by atomic mass is 35.5. The van der Waals surface area contributed by atoms with E-state index in [4.69, 9.17) is 32.7 Å². The Bertz CT molecular complexity index is 434. The van der Waals surface area contributed by atoms with Gasteiger partial charge in [-0.15, -0.1) is 0 Å². The lowest BCUT2D eigenvalue weighted by Gasteiger charge is -2.25. The zero-order chi connectivity index (χ0) is 14.5. The Morgan fingerprint density at radius 2 is 2.15 bits per heavy atom. The molecule has 1 heterocycles. The Morgan fingerprint density at radius 1 is 1.35 bits per heavy atom. The lowest BCUT2D eigenvalue weighted by Crippen LogP contribution is -2.34. The first-order valence-corrected chi connectivity index (χ1v) is 7.76. The summed E-state index contributed by atoms with van der Waals surface area (Å²) in [4.78, 5) is 0. The van der Waals surface area contributed by atoms with Crippen LogP contribution >= 0.6 is 23.2 Å². The third kappa shape index (κ3) is 4.52. The summed E-state index contributed by atoms with van der Waals surface area (Å²) in [5.74, 6) is 1.11. The van der Waals surface area contributed by atoms with Gasteiger partial charge in [-0.3, -0.25) is 0 Å². The number of nitrogens with one attached hydrogen (secondary N) is 1. The molecule has 0 saturated carbocycles. The van der Waals surface area contributed by atoms with Gasteiger partial charge in [-0.25, -0.2) is 0 Å². The Labute approximate surface area is 130 Å². The fourth-order valence-corrected chi connectivity index (χ4v) is 2.73. The van der Waals surface area contributed by atoms with Gasteiger partial charge in [0, 0.05) is 17.5 Å². The second-order valence-corrected chi connectivity index (χ2v) is 6.21. The Balaban J connectivity index is 2.05. The third-order valence-corrected chi connectivity index (χ3v) is 3.92. The van der Waals surface area contributed by atoms with Crippen molar-refractivity contribution in [1.82, 2.24) is 5.32 Å². The highest BCUT2D eigenvalue weighted by molar-refractivity contribution is 6.35. The molecule has 1 aliphatic heterocycles. The van der Waals surface area contributed by atoms with Gasteiger partial charge < -0.3 is 14.8 Å². The zero-order valence-corrected chi connectivity index (χ0v) is 13.4. The van der Waals surface area contributed by atoms with Crippen LogP contribution in [0.1, 0.15) is 20.3 Å². The van der Waals surface area contributed by atoms with Crippen molar-refractivity contribution >= 4 is 23.2 Å². The van der Waals surface area contributed by atoms with Crippen LogP contribution in [-0.4, -0.2) is 31.9 Å². The molecule has 1 aromatic rings. The average Bonchev–Trinajstić information content (AvgIpc) is 2.90. The average molecular weight is 318 g/mol. The van der Waals surface area contributed by atoms with Gasteiger partial charge in [0.15, 0.2) is 0 Å². The van der Waals surface area contributed by atoms with Gasteiger partial charge in [-0.05, 0) is 45.0 Å². The molecule has 1 N–H and O–H groups in total. The van der Waals surface area contributed by atoms with E-state index in [1.165, 1.54) is 0 Å². The standard InChI is InChI=1S/C15H21Cl2NO2/c1-10(2)19-9-15(11-5-6-18-8-11)20-14-4-3-12(16)7-13(14)17/h3-4,7,10-11,15,18H,5-6,8-9H2,1-2H3/t11?,15-/m1/s1. The molecule has 0 amide bonds. The molecule has 5 heteroatoms. The van der Waals surface area contributed by atoms with Crippen molar-refractivity contribution < 1.29 is 9.47 Å². The van der Waals surface area contributed by atoms with Crippen molar-refractivity contribution in [3.63, 3.8) is 0 Å². The molecule has 1 saturated heterocycles. The molecule has 1 unspecified atom stereocenters. The minimum absolute atomic E-state index is 0.00563. The van der Waals surface area contributed by atoms with Crippen LogP contribution in [0.3, 0.4) is 0 Å². The van der Waals surface area contributed by atoms with Crippen molar-refractivity contribution in [2.45, 2.75) is 32.5 Å². The second kappa shape index (κ2) is 7.51. The van der Waals surface area contributed by atoms with E-state index in [0.29, 0.717) is 28.3 Å². The minimum atomic E-state index is 0.00563. The van der Waals surface area contributed by atoms with E-state index in [1.807, 2.05) is 19.9 Å². The number of hydrogen-bond donors (Lipinski definition) is 1. The third-order valence-electron chi connectivity index (χ3n) is 3.39.